The molecular weight excluding hydrogens is 220 g/mol. The van der Waals surface area contributed by atoms with Gasteiger partial charge >= 0.3 is 0 Å². The summed E-state index contributed by atoms with van der Waals surface area (Å²) in [5, 5.41) is 3.60. The Morgan fingerprint density at radius 2 is 1.78 bits per heavy atom. The Bertz CT molecular complexity index is 211. The second-order valence-electron chi connectivity index (χ2n) is 6.65. The van der Waals surface area contributed by atoms with E-state index in [1.165, 1.54) is 32.4 Å². The van der Waals surface area contributed by atoms with Gasteiger partial charge in [0, 0.05) is 12.6 Å². The zero-order valence-corrected chi connectivity index (χ0v) is 13.2. The summed E-state index contributed by atoms with van der Waals surface area (Å²) in [7, 11) is 0. The lowest BCUT2D eigenvalue weighted by Crippen LogP contribution is -2.44. The first-order chi connectivity index (χ1) is 8.54. The number of nitrogens with zero attached hydrogens (tertiary/aromatic N) is 1. The largest absolute Gasteiger partial charge is 0.316 e. The van der Waals surface area contributed by atoms with Gasteiger partial charge in [0.2, 0.25) is 0 Å². The van der Waals surface area contributed by atoms with Crippen LogP contribution in [0, 0.1) is 17.8 Å². The minimum absolute atomic E-state index is 0.704. The van der Waals surface area contributed by atoms with Gasteiger partial charge in [-0.3, -0.25) is 0 Å². The van der Waals surface area contributed by atoms with Crippen LogP contribution in [0.4, 0.5) is 0 Å². The van der Waals surface area contributed by atoms with Crippen molar-refractivity contribution in [3.05, 3.63) is 0 Å². The summed E-state index contributed by atoms with van der Waals surface area (Å²) in [6.45, 7) is 16.5. The van der Waals surface area contributed by atoms with Crippen molar-refractivity contribution in [2.45, 2.75) is 59.9 Å². The summed E-state index contributed by atoms with van der Waals surface area (Å²) in [6.07, 6.45) is 4.38. The van der Waals surface area contributed by atoms with Crippen LogP contribution in [0.15, 0.2) is 0 Å². The number of nitrogens with one attached hydrogen (secondary N) is 1. The number of rotatable bonds is 9. The molecule has 0 aromatic carbocycles. The fourth-order valence-electron chi connectivity index (χ4n) is 2.72. The van der Waals surface area contributed by atoms with Crippen molar-refractivity contribution in [1.82, 2.24) is 10.2 Å². The number of hydrogen-bond donors (Lipinski definition) is 1. The van der Waals surface area contributed by atoms with E-state index >= 15 is 0 Å². The molecule has 1 fully saturated rings. The highest BCUT2D eigenvalue weighted by atomic mass is 15.2. The van der Waals surface area contributed by atoms with Crippen LogP contribution in [0.2, 0.25) is 0 Å². The van der Waals surface area contributed by atoms with Crippen LogP contribution < -0.4 is 5.32 Å². The summed E-state index contributed by atoms with van der Waals surface area (Å²) < 4.78 is 0. The van der Waals surface area contributed by atoms with Crippen molar-refractivity contribution in [2.24, 2.45) is 17.8 Å². The lowest BCUT2D eigenvalue weighted by atomic mass is 9.84. The molecule has 0 aliphatic heterocycles. The Morgan fingerprint density at radius 1 is 1.11 bits per heavy atom. The molecule has 2 nitrogen and oxygen atoms in total. The van der Waals surface area contributed by atoms with E-state index in [2.05, 4.69) is 44.8 Å². The lowest BCUT2D eigenvalue weighted by Gasteiger charge is -2.38. The molecule has 0 saturated heterocycles. The fourth-order valence-corrected chi connectivity index (χ4v) is 2.72. The Morgan fingerprint density at radius 3 is 2.22 bits per heavy atom. The normalized spacial score (nSPS) is 20.2. The highest BCUT2D eigenvalue weighted by Crippen LogP contribution is 2.28. The van der Waals surface area contributed by atoms with Gasteiger partial charge in [0.15, 0.2) is 0 Å². The van der Waals surface area contributed by atoms with Gasteiger partial charge in [0.05, 0.1) is 0 Å². The SMILES string of the molecule is CCN(CC1CCC1)C(C)C(C)CNCC(C)C. The third-order valence-corrected chi connectivity index (χ3v) is 4.54. The molecule has 0 heterocycles. The van der Waals surface area contributed by atoms with Crippen LogP contribution in [-0.2, 0) is 0 Å². The maximum absolute atomic E-state index is 3.60. The first kappa shape index (κ1) is 16.0. The van der Waals surface area contributed by atoms with Crippen LogP contribution in [-0.4, -0.2) is 37.1 Å². The van der Waals surface area contributed by atoms with Crippen molar-refractivity contribution < 1.29 is 0 Å². The van der Waals surface area contributed by atoms with E-state index in [4.69, 9.17) is 0 Å². The van der Waals surface area contributed by atoms with E-state index in [1.807, 2.05) is 0 Å². The molecule has 2 heteroatoms. The Kier molecular flexibility index (Phi) is 7.25. The average Bonchev–Trinajstić information content (AvgIpc) is 2.26. The molecular formula is C16H34N2. The third-order valence-electron chi connectivity index (χ3n) is 4.54. The minimum Gasteiger partial charge on any atom is -0.316 e. The van der Waals surface area contributed by atoms with E-state index in [-0.39, 0.29) is 0 Å². The van der Waals surface area contributed by atoms with E-state index in [0.717, 1.165) is 30.8 Å². The van der Waals surface area contributed by atoms with Gasteiger partial charge < -0.3 is 10.2 Å². The molecule has 1 rings (SSSR count). The van der Waals surface area contributed by atoms with Crippen molar-refractivity contribution >= 4 is 0 Å². The topological polar surface area (TPSA) is 15.3 Å². The molecule has 1 N–H and O–H groups in total. The van der Waals surface area contributed by atoms with E-state index in [9.17, 15) is 0 Å². The monoisotopic (exact) mass is 254 g/mol. The standard InChI is InChI=1S/C16H34N2/c1-6-18(12-16-8-7-9-16)15(5)14(4)11-17-10-13(2)3/h13-17H,6-12H2,1-5H3. The Balaban J connectivity index is 2.26. The van der Waals surface area contributed by atoms with Gasteiger partial charge in [-0.15, -0.1) is 0 Å². The zero-order chi connectivity index (χ0) is 13.5. The average molecular weight is 254 g/mol. The maximum Gasteiger partial charge on any atom is 0.0105 e. The maximum atomic E-state index is 3.60. The molecule has 2 atom stereocenters. The van der Waals surface area contributed by atoms with E-state index in [0.29, 0.717) is 6.04 Å². The van der Waals surface area contributed by atoms with Gasteiger partial charge in [-0.2, -0.15) is 0 Å². The molecule has 0 aromatic heterocycles. The van der Waals surface area contributed by atoms with Crippen molar-refractivity contribution in [3.8, 4) is 0 Å². The molecule has 1 aliphatic rings. The van der Waals surface area contributed by atoms with Gasteiger partial charge in [0.1, 0.15) is 0 Å². The number of hydrogen-bond acceptors (Lipinski definition) is 2. The van der Waals surface area contributed by atoms with Crippen molar-refractivity contribution in [1.29, 1.82) is 0 Å². The van der Waals surface area contributed by atoms with Crippen LogP contribution in [0.25, 0.3) is 0 Å². The van der Waals surface area contributed by atoms with Crippen LogP contribution >= 0.6 is 0 Å². The molecule has 0 radical (unpaired) electrons. The highest BCUT2D eigenvalue weighted by Gasteiger charge is 2.24. The first-order valence-electron chi connectivity index (χ1n) is 7.99. The lowest BCUT2D eigenvalue weighted by molar-refractivity contribution is 0.116. The third kappa shape index (κ3) is 5.27. The quantitative estimate of drug-likeness (QED) is 0.678. The minimum atomic E-state index is 0.704. The molecule has 18 heavy (non-hydrogen) atoms. The molecule has 0 spiro atoms. The van der Waals surface area contributed by atoms with Crippen LogP contribution in [0.3, 0.4) is 0 Å². The van der Waals surface area contributed by atoms with E-state index in [1.54, 1.807) is 0 Å². The second kappa shape index (κ2) is 8.16. The molecule has 1 aliphatic carbocycles. The van der Waals surface area contributed by atoms with Gasteiger partial charge in [-0.25, -0.2) is 0 Å². The molecule has 2 unspecified atom stereocenters. The molecule has 0 bridgehead atoms. The fraction of sp³-hybridized carbons (Fsp3) is 1.00. The zero-order valence-electron chi connectivity index (χ0n) is 13.2. The second-order valence-corrected chi connectivity index (χ2v) is 6.65. The molecule has 1 saturated carbocycles. The Hall–Kier alpha value is -0.0800. The summed E-state index contributed by atoms with van der Waals surface area (Å²) in [6, 6.07) is 0.704. The molecule has 0 amide bonds. The molecule has 108 valence electrons. The van der Waals surface area contributed by atoms with Gasteiger partial charge in [-0.1, -0.05) is 34.1 Å². The predicted molar refractivity (Wildman–Crippen MR) is 80.9 cm³/mol. The van der Waals surface area contributed by atoms with Crippen LogP contribution in [0.5, 0.6) is 0 Å². The summed E-state index contributed by atoms with van der Waals surface area (Å²) in [5.41, 5.74) is 0. The van der Waals surface area contributed by atoms with Crippen molar-refractivity contribution in [2.75, 3.05) is 26.2 Å². The van der Waals surface area contributed by atoms with Gasteiger partial charge in [0.25, 0.3) is 0 Å². The van der Waals surface area contributed by atoms with Crippen LogP contribution in [0.1, 0.15) is 53.9 Å². The Labute approximate surface area is 115 Å². The predicted octanol–water partition coefficient (Wildman–Crippen LogP) is 3.38. The summed E-state index contributed by atoms with van der Waals surface area (Å²) in [5.74, 6) is 2.48. The van der Waals surface area contributed by atoms with E-state index < -0.39 is 0 Å². The van der Waals surface area contributed by atoms with Crippen molar-refractivity contribution in [3.63, 3.8) is 0 Å². The summed E-state index contributed by atoms with van der Waals surface area (Å²) in [4.78, 5) is 2.69. The first-order valence-corrected chi connectivity index (χ1v) is 7.99. The highest BCUT2D eigenvalue weighted by molar-refractivity contribution is 4.79. The van der Waals surface area contributed by atoms with Gasteiger partial charge in [-0.05, 0) is 57.2 Å². The smallest absolute Gasteiger partial charge is 0.0105 e. The summed E-state index contributed by atoms with van der Waals surface area (Å²) >= 11 is 0. The molecule has 0 aromatic rings.